The van der Waals surface area contributed by atoms with Crippen LogP contribution >= 0.6 is 0 Å². The Morgan fingerprint density at radius 2 is 1.79 bits per heavy atom. The van der Waals surface area contributed by atoms with Crippen molar-refractivity contribution >= 4 is 18.0 Å². The van der Waals surface area contributed by atoms with Gasteiger partial charge in [-0.05, 0) is 44.0 Å². The number of rotatable bonds is 6. The maximum Gasteiger partial charge on any atom is 0.253 e. The fraction of sp³-hybridized carbons (Fsp3) is 0.318. The number of benzene rings is 2. The Morgan fingerprint density at radius 1 is 1.11 bits per heavy atom. The van der Waals surface area contributed by atoms with E-state index in [-0.39, 0.29) is 17.7 Å². The van der Waals surface area contributed by atoms with E-state index in [1.165, 1.54) is 0 Å². The van der Waals surface area contributed by atoms with Gasteiger partial charge in [-0.3, -0.25) is 9.59 Å². The van der Waals surface area contributed by atoms with Crippen molar-refractivity contribution < 1.29 is 14.3 Å². The van der Waals surface area contributed by atoms with Crippen LogP contribution in [0, 0.1) is 5.92 Å². The maximum atomic E-state index is 12.5. The largest absolute Gasteiger partial charge is 0.493 e. The highest BCUT2D eigenvalue weighted by molar-refractivity contribution is 5.94. The van der Waals surface area contributed by atoms with Crippen LogP contribution in [-0.4, -0.2) is 42.6 Å². The van der Waals surface area contributed by atoms with Gasteiger partial charge in [-0.15, -0.1) is 0 Å². The van der Waals surface area contributed by atoms with Crippen molar-refractivity contribution in [2.45, 2.75) is 19.8 Å². The van der Waals surface area contributed by atoms with Gasteiger partial charge < -0.3 is 9.64 Å². The number of nitrogens with one attached hydrogen (secondary N) is 1. The molecule has 1 N–H and O–H groups in total. The first-order valence-electron chi connectivity index (χ1n) is 9.58. The molecular formula is C22H25N3O3. The highest BCUT2D eigenvalue weighted by atomic mass is 16.5. The first-order chi connectivity index (χ1) is 13.7. The molecule has 3 rings (SSSR count). The Bertz CT molecular complexity index is 828. The van der Waals surface area contributed by atoms with E-state index in [0.29, 0.717) is 38.1 Å². The minimum atomic E-state index is -0.140. The topological polar surface area (TPSA) is 71.0 Å². The summed E-state index contributed by atoms with van der Waals surface area (Å²) < 4.78 is 5.54. The van der Waals surface area contributed by atoms with Crippen molar-refractivity contribution in [3.8, 4) is 5.75 Å². The molecule has 0 atom stereocenters. The zero-order chi connectivity index (χ0) is 19.8. The summed E-state index contributed by atoms with van der Waals surface area (Å²) >= 11 is 0. The molecule has 1 heterocycles. The van der Waals surface area contributed by atoms with E-state index < -0.39 is 0 Å². The van der Waals surface area contributed by atoms with Crippen LogP contribution in [0.1, 0.15) is 35.7 Å². The summed E-state index contributed by atoms with van der Waals surface area (Å²) in [5.74, 6) is 0.497. The van der Waals surface area contributed by atoms with Gasteiger partial charge in [-0.1, -0.05) is 30.3 Å². The molecule has 2 amide bonds. The quantitative estimate of drug-likeness (QED) is 0.619. The minimum Gasteiger partial charge on any atom is -0.493 e. The molecule has 0 aliphatic carbocycles. The summed E-state index contributed by atoms with van der Waals surface area (Å²) in [4.78, 5) is 26.7. The molecule has 1 saturated heterocycles. The molecule has 146 valence electrons. The lowest BCUT2D eigenvalue weighted by Crippen LogP contribution is -2.42. The van der Waals surface area contributed by atoms with Crippen LogP contribution in [0.25, 0.3) is 0 Å². The Labute approximate surface area is 165 Å². The standard InChI is InChI=1S/C22H25N3O3/c1-2-28-20-11-7-6-10-19(20)16-23-24-21(26)17-12-14-25(15-13-17)22(27)18-8-4-3-5-9-18/h3-11,16-17H,2,12-15H2,1H3,(H,24,26)/b23-16-. The third-order valence-corrected chi connectivity index (χ3v) is 4.77. The van der Waals surface area contributed by atoms with Crippen LogP contribution in [0.15, 0.2) is 59.7 Å². The van der Waals surface area contributed by atoms with Gasteiger partial charge in [0.05, 0.1) is 12.8 Å². The van der Waals surface area contributed by atoms with Gasteiger partial charge in [0, 0.05) is 30.1 Å². The lowest BCUT2D eigenvalue weighted by Gasteiger charge is -2.31. The van der Waals surface area contributed by atoms with Gasteiger partial charge in [0.2, 0.25) is 5.91 Å². The summed E-state index contributed by atoms with van der Waals surface area (Å²) in [5, 5.41) is 4.08. The van der Waals surface area contributed by atoms with Crippen LogP contribution in [0.4, 0.5) is 0 Å². The van der Waals surface area contributed by atoms with Crippen LogP contribution in [0.3, 0.4) is 0 Å². The van der Waals surface area contributed by atoms with E-state index in [0.717, 1.165) is 11.3 Å². The number of hydrogen-bond acceptors (Lipinski definition) is 4. The van der Waals surface area contributed by atoms with Crippen molar-refractivity contribution in [2.24, 2.45) is 11.0 Å². The Hall–Kier alpha value is -3.15. The smallest absolute Gasteiger partial charge is 0.253 e. The number of ether oxygens (including phenoxy) is 1. The van der Waals surface area contributed by atoms with Gasteiger partial charge in [0.25, 0.3) is 5.91 Å². The molecule has 0 bridgehead atoms. The summed E-state index contributed by atoms with van der Waals surface area (Å²) in [6, 6.07) is 16.8. The number of hydrazone groups is 1. The van der Waals surface area contributed by atoms with Crippen molar-refractivity contribution in [3.05, 3.63) is 65.7 Å². The predicted molar refractivity (Wildman–Crippen MR) is 108 cm³/mol. The monoisotopic (exact) mass is 379 g/mol. The molecule has 0 spiro atoms. The van der Waals surface area contributed by atoms with Gasteiger partial charge in [-0.25, -0.2) is 5.43 Å². The van der Waals surface area contributed by atoms with Gasteiger partial charge in [0.1, 0.15) is 5.75 Å². The molecule has 28 heavy (non-hydrogen) atoms. The SMILES string of the molecule is CCOc1ccccc1/C=N\NC(=O)C1CCN(C(=O)c2ccccc2)CC1. The van der Waals surface area contributed by atoms with Gasteiger partial charge in [0.15, 0.2) is 0 Å². The first kappa shape index (κ1) is 19.6. The number of nitrogens with zero attached hydrogens (tertiary/aromatic N) is 2. The predicted octanol–water partition coefficient (Wildman–Crippen LogP) is 3.09. The molecule has 0 radical (unpaired) electrons. The van der Waals surface area contributed by atoms with E-state index in [9.17, 15) is 9.59 Å². The summed E-state index contributed by atoms with van der Waals surface area (Å²) in [5.41, 5.74) is 4.11. The Morgan fingerprint density at radius 3 is 2.50 bits per heavy atom. The van der Waals surface area contributed by atoms with Crippen molar-refractivity contribution in [1.82, 2.24) is 10.3 Å². The average Bonchev–Trinajstić information content (AvgIpc) is 2.75. The molecule has 2 aromatic carbocycles. The Balaban J connectivity index is 1.50. The Kier molecular flexibility index (Phi) is 6.78. The third-order valence-electron chi connectivity index (χ3n) is 4.77. The molecule has 0 aromatic heterocycles. The molecule has 1 fully saturated rings. The molecule has 1 aliphatic rings. The summed E-state index contributed by atoms with van der Waals surface area (Å²) in [6.07, 6.45) is 2.86. The number of amides is 2. The molecule has 0 unspecified atom stereocenters. The molecule has 2 aromatic rings. The van der Waals surface area contributed by atoms with E-state index in [1.807, 2.05) is 61.5 Å². The van der Waals surface area contributed by atoms with E-state index in [4.69, 9.17) is 4.74 Å². The van der Waals surface area contributed by atoms with Crippen molar-refractivity contribution in [1.29, 1.82) is 0 Å². The molecule has 6 heteroatoms. The van der Waals surface area contributed by atoms with Gasteiger partial charge in [-0.2, -0.15) is 5.10 Å². The fourth-order valence-electron chi connectivity index (χ4n) is 3.24. The zero-order valence-corrected chi connectivity index (χ0v) is 16.0. The number of piperidine rings is 1. The van der Waals surface area contributed by atoms with Crippen molar-refractivity contribution in [2.75, 3.05) is 19.7 Å². The number of carbonyl (C=O) groups is 2. The number of hydrogen-bond donors (Lipinski definition) is 1. The fourth-order valence-corrected chi connectivity index (χ4v) is 3.24. The third kappa shape index (κ3) is 4.97. The second kappa shape index (κ2) is 9.69. The summed E-state index contributed by atoms with van der Waals surface area (Å²) in [7, 11) is 0. The van der Waals surface area contributed by atoms with Crippen LogP contribution in [0.5, 0.6) is 5.75 Å². The maximum absolute atomic E-state index is 12.5. The number of para-hydroxylation sites is 1. The normalized spacial score (nSPS) is 14.8. The number of likely N-dealkylation sites (tertiary alicyclic amines) is 1. The summed E-state index contributed by atoms with van der Waals surface area (Å²) in [6.45, 7) is 3.63. The second-order valence-corrected chi connectivity index (χ2v) is 6.64. The minimum absolute atomic E-state index is 0.0185. The second-order valence-electron chi connectivity index (χ2n) is 6.64. The van der Waals surface area contributed by atoms with Crippen LogP contribution < -0.4 is 10.2 Å². The van der Waals surface area contributed by atoms with Crippen LogP contribution in [-0.2, 0) is 4.79 Å². The molecular weight excluding hydrogens is 354 g/mol. The first-order valence-corrected chi connectivity index (χ1v) is 9.58. The molecule has 1 aliphatic heterocycles. The van der Waals surface area contributed by atoms with E-state index >= 15 is 0 Å². The van der Waals surface area contributed by atoms with E-state index in [2.05, 4.69) is 10.5 Å². The zero-order valence-electron chi connectivity index (χ0n) is 16.0. The average molecular weight is 379 g/mol. The highest BCUT2D eigenvalue weighted by Gasteiger charge is 2.27. The van der Waals surface area contributed by atoms with Crippen molar-refractivity contribution in [3.63, 3.8) is 0 Å². The van der Waals surface area contributed by atoms with Crippen LogP contribution in [0.2, 0.25) is 0 Å². The van der Waals surface area contributed by atoms with Gasteiger partial charge >= 0.3 is 0 Å². The molecule has 0 saturated carbocycles. The lowest BCUT2D eigenvalue weighted by molar-refractivity contribution is -0.126. The van der Waals surface area contributed by atoms with E-state index in [1.54, 1.807) is 11.1 Å². The molecule has 6 nitrogen and oxygen atoms in total. The number of carbonyl (C=O) groups excluding carboxylic acids is 2. The highest BCUT2D eigenvalue weighted by Crippen LogP contribution is 2.19. The lowest BCUT2D eigenvalue weighted by atomic mass is 9.95.